The first kappa shape index (κ1) is 8.67. The molecule has 0 amide bonds. The second-order valence-corrected chi connectivity index (χ2v) is 2.30. The molecular formula is C8H9N2O2-. The lowest BCUT2D eigenvalue weighted by Crippen LogP contribution is -2.34. The molecule has 0 unspecified atom stereocenters. The molecule has 0 aliphatic heterocycles. The third kappa shape index (κ3) is 3.12. The molecule has 1 heterocycles. The fourth-order valence-electron chi connectivity index (χ4n) is 0.795. The van der Waals surface area contributed by atoms with Gasteiger partial charge in [0.1, 0.15) is 0 Å². The van der Waals surface area contributed by atoms with Crippen molar-refractivity contribution in [3.05, 3.63) is 30.1 Å². The van der Waals surface area contributed by atoms with Crippen LogP contribution in [0, 0.1) is 0 Å². The van der Waals surface area contributed by atoms with Crippen molar-refractivity contribution in [3.8, 4) is 0 Å². The van der Waals surface area contributed by atoms with Crippen LogP contribution in [0.25, 0.3) is 0 Å². The molecule has 64 valence electrons. The Kier molecular flexibility index (Phi) is 3.22. The predicted octanol–water partition coefficient (Wildman–Crippen LogP) is -1.08. The Morgan fingerprint density at radius 2 is 2.42 bits per heavy atom. The predicted molar refractivity (Wildman–Crippen MR) is 41.0 cm³/mol. The summed E-state index contributed by atoms with van der Waals surface area (Å²) in [6, 6.07) is 5.48. The number of pyridine rings is 1. The molecule has 4 heteroatoms. The summed E-state index contributed by atoms with van der Waals surface area (Å²) < 4.78 is 0. The zero-order chi connectivity index (χ0) is 8.81. The molecule has 0 saturated carbocycles. The van der Waals surface area contributed by atoms with Crippen LogP contribution >= 0.6 is 0 Å². The van der Waals surface area contributed by atoms with E-state index in [4.69, 9.17) is 0 Å². The lowest BCUT2D eigenvalue weighted by atomic mass is 10.3. The molecule has 0 radical (unpaired) electrons. The van der Waals surface area contributed by atoms with Crippen molar-refractivity contribution in [2.75, 3.05) is 6.54 Å². The highest BCUT2D eigenvalue weighted by Crippen LogP contribution is 1.90. The van der Waals surface area contributed by atoms with Crippen LogP contribution in [-0.4, -0.2) is 17.5 Å². The van der Waals surface area contributed by atoms with Crippen LogP contribution in [0.1, 0.15) is 5.69 Å². The highest BCUT2D eigenvalue weighted by Gasteiger charge is 1.90. The van der Waals surface area contributed by atoms with Gasteiger partial charge >= 0.3 is 0 Å². The second kappa shape index (κ2) is 4.46. The lowest BCUT2D eigenvalue weighted by Gasteiger charge is -2.03. The summed E-state index contributed by atoms with van der Waals surface area (Å²) in [6.45, 7) is 0.311. The van der Waals surface area contributed by atoms with Gasteiger partial charge in [0.15, 0.2) is 0 Å². The molecule has 0 aromatic carbocycles. The van der Waals surface area contributed by atoms with Crippen LogP contribution in [0.5, 0.6) is 0 Å². The van der Waals surface area contributed by atoms with Gasteiger partial charge in [-0.1, -0.05) is 6.07 Å². The summed E-state index contributed by atoms with van der Waals surface area (Å²) >= 11 is 0. The first-order valence-electron chi connectivity index (χ1n) is 3.59. The lowest BCUT2D eigenvalue weighted by molar-refractivity contribution is -0.304. The van der Waals surface area contributed by atoms with Gasteiger partial charge in [-0.3, -0.25) is 4.98 Å². The van der Waals surface area contributed by atoms with Crippen LogP contribution in [0.4, 0.5) is 0 Å². The van der Waals surface area contributed by atoms with Gasteiger partial charge in [0.2, 0.25) is 0 Å². The zero-order valence-corrected chi connectivity index (χ0v) is 6.49. The molecule has 0 aliphatic carbocycles. The Labute approximate surface area is 70.3 Å². The van der Waals surface area contributed by atoms with Crippen molar-refractivity contribution < 1.29 is 9.90 Å². The van der Waals surface area contributed by atoms with Crippen molar-refractivity contribution in [2.24, 2.45) is 0 Å². The molecule has 1 N–H and O–H groups in total. The largest absolute Gasteiger partial charge is 0.549 e. The van der Waals surface area contributed by atoms with Crippen LogP contribution in [0.2, 0.25) is 0 Å². The Hall–Kier alpha value is -1.42. The SMILES string of the molecule is O=C([O-])CNCc1ccccn1. The monoisotopic (exact) mass is 165 g/mol. The third-order valence-corrected chi connectivity index (χ3v) is 1.30. The van der Waals surface area contributed by atoms with E-state index < -0.39 is 5.97 Å². The molecule has 1 rings (SSSR count). The second-order valence-electron chi connectivity index (χ2n) is 2.30. The minimum atomic E-state index is -1.11. The number of rotatable bonds is 4. The van der Waals surface area contributed by atoms with Gasteiger partial charge in [-0.2, -0.15) is 0 Å². The van der Waals surface area contributed by atoms with E-state index in [-0.39, 0.29) is 6.54 Å². The van der Waals surface area contributed by atoms with E-state index >= 15 is 0 Å². The van der Waals surface area contributed by atoms with Gasteiger partial charge in [-0.15, -0.1) is 0 Å². The number of aromatic nitrogens is 1. The number of aliphatic carboxylic acids is 1. The Morgan fingerprint density at radius 1 is 1.58 bits per heavy atom. The van der Waals surface area contributed by atoms with Gasteiger partial charge < -0.3 is 15.2 Å². The molecule has 4 nitrogen and oxygen atoms in total. The van der Waals surface area contributed by atoms with Gasteiger partial charge in [0.25, 0.3) is 0 Å². The summed E-state index contributed by atoms with van der Waals surface area (Å²) in [4.78, 5) is 14.0. The molecule has 0 saturated heterocycles. The summed E-state index contributed by atoms with van der Waals surface area (Å²) in [7, 11) is 0. The topological polar surface area (TPSA) is 65.0 Å². The van der Waals surface area contributed by atoms with Crippen molar-refractivity contribution in [3.63, 3.8) is 0 Å². The molecule has 0 aliphatic rings. The fraction of sp³-hybridized carbons (Fsp3) is 0.250. The Morgan fingerprint density at radius 3 is 3.00 bits per heavy atom. The van der Waals surface area contributed by atoms with E-state index in [9.17, 15) is 9.90 Å². The van der Waals surface area contributed by atoms with Gasteiger partial charge in [-0.25, -0.2) is 0 Å². The maximum Gasteiger partial charge on any atom is 0.0552 e. The minimum absolute atomic E-state index is 0.142. The molecule has 0 spiro atoms. The maximum absolute atomic E-state index is 10.00. The fourth-order valence-corrected chi connectivity index (χ4v) is 0.795. The number of nitrogens with one attached hydrogen (secondary N) is 1. The van der Waals surface area contributed by atoms with Crippen LogP contribution in [-0.2, 0) is 11.3 Å². The van der Waals surface area contributed by atoms with Gasteiger partial charge in [0, 0.05) is 19.3 Å². The Bertz CT molecular complexity index is 248. The van der Waals surface area contributed by atoms with E-state index in [0.717, 1.165) is 5.69 Å². The maximum atomic E-state index is 10.00. The van der Waals surface area contributed by atoms with E-state index in [1.807, 2.05) is 18.2 Å². The molecule has 0 atom stereocenters. The van der Waals surface area contributed by atoms with Crippen molar-refractivity contribution in [2.45, 2.75) is 6.54 Å². The number of carboxylic acid groups (broad SMARTS) is 1. The average molecular weight is 165 g/mol. The third-order valence-electron chi connectivity index (χ3n) is 1.30. The molecule has 0 bridgehead atoms. The summed E-state index contributed by atoms with van der Waals surface area (Å²) in [5.74, 6) is -1.11. The first-order chi connectivity index (χ1) is 5.79. The molecule has 0 fully saturated rings. The molecule has 12 heavy (non-hydrogen) atoms. The number of carbonyl (C=O) groups is 1. The first-order valence-corrected chi connectivity index (χ1v) is 3.59. The smallest absolute Gasteiger partial charge is 0.0552 e. The summed E-state index contributed by atoms with van der Waals surface area (Å²) in [5.41, 5.74) is 0.818. The van der Waals surface area contributed by atoms with Crippen molar-refractivity contribution in [1.82, 2.24) is 10.3 Å². The summed E-state index contributed by atoms with van der Waals surface area (Å²) in [6.07, 6.45) is 1.66. The standard InChI is InChI=1S/C8H10N2O2/c11-8(12)6-9-5-7-3-1-2-4-10-7/h1-4,9H,5-6H2,(H,11,12)/p-1. The number of hydrogen-bond donors (Lipinski definition) is 1. The van der Waals surface area contributed by atoms with Crippen LogP contribution < -0.4 is 10.4 Å². The van der Waals surface area contributed by atoms with Gasteiger partial charge in [0.05, 0.1) is 11.7 Å². The zero-order valence-electron chi connectivity index (χ0n) is 6.49. The highest BCUT2D eigenvalue weighted by atomic mass is 16.4. The number of carboxylic acids is 1. The van der Waals surface area contributed by atoms with E-state index in [1.165, 1.54) is 0 Å². The van der Waals surface area contributed by atoms with E-state index in [1.54, 1.807) is 6.20 Å². The minimum Gasteiger partial charge on any atom is -0.549 e. The molecule has 1 aromatic heterocycles. The van der Waals surface area contributed by atoms with Crippen molar-refractivity contribution in [1.29, 1.82) is 0 Å². The number of carbonyl (C=O) groups excluding carboxylic acids is 1. The van der Waals surface area contributed by atoms with Crippen molar-refractivity contribution >= 4 is 5.97 Å². The van der Waals surface area contributed by atoms with E-state index in [0.29, 0.717) is 6.54 Å². The van der Waals surface area contributed by atoms with E-state index in [2.05, 4.69) is 10.3 Å². The number of nitrogens with zero attached hydrogens (tertiary/aromatic N) is 1. The molecule has 1 aromatic rings. The van der Waals surface area contributed by atoms with Crippen LogP contribution in [0.3, 0.4) is 0 Å². The normalized spacial score (nSPS) is 9.67. The highest BCUT2D eigenvalue weighted by molar-refractivity contribution is 5.66. The summed E-state index contributed by atoms with van der Waals surface area (Å²) in [5, 5.41) is 12.7. The average Bonchev–Trinajstić information content (AvgIpc) is 2.05. The molecular weight excluding hydrogens is 156 g/mol. The van der Waals surface area contributed by atoms with Crippen LogP contribution in [0.15, 0.2) is 24.4 Å². The Balaban J connectivity index is 2.29. The number of hydrogen-bond acceptors (Lipinski definition) is 4. The van der Waals surface area contributed by atoms with Gasteiger partial charge in [-0.05, 0) is 12.1 Å². The quantitative estimate of drug-likeness (QED) is 0.616.